The Morgan fingerprint density at radius 3 is 2.76 bits per heavy atom. The predicted molar refractivity (Wildman–Crippen MR) is 127 cm³/mol. The zero-order valence-electron chi connectivity index (χ0n) is 19.1. The summed E-state index contributed by atoms with van der Waals surface area (Å²) in [6.45, 7) is 2.88. The van der Waals surface area contributed by atoms with E-state index >= 15 is 0 Å². The summed E-state index contributed by atoms with van der Waals surface area (Å²) >= 11 is 0. The highest BCUT2D eigenvalue weighted by atomic mass is 19.1. The Balaban J connectivity index is 1.25. The first kappa shape index (κ1) is 22.0. The van der Waals surface area contributed by atoms with Crippen LogP contribution in [0.4, 0.5) is 10.1 Å². The molecule has 0 unspecified atom stereocenters. The Labute approximate surface area is 197 Å². The number of amides is 1. The van der Waals surface area contributed by atoms with Crippen LogP contribution in [0.15, 0.2) is 53.1 Å². The van der Waals surface area contributed by atoms with Crippen LogP contribution in [-0.4, -0.2) is 25.7 Å². The molecule has 0 saturated heterocycles. The van der Waals surface area contributed by atoms with Gasteiger partial charge in [0, 0.05) is 42.6 Å². The van der Waals surface area contributed by atoms with Gasteiger partial charge in [-0.1, -0.05) is 18.6 Å². The number of aryl methyl sites for hydroxylation is 3. The van der Waals surface area contributed by atoms with E-state index in [4.69, 9.17) is 4.42 Å². The number of fused-ring (bicyclic) bond motifs is 1. The van der Waals surface area contributed by atoms with E-state index in [1.165, 1.54) is 18.6 Å². The Hall–Kier alpha value is -3.81. The van der Waals surface area contributed by atoms with E-state index in [9.17, 15) is 9.18 Å². The van der Waals surface area contributed by atoms with Crippen molar-refractivity contribution >= 4 is 11.6 Å². The van der Waals surface area contributed by atoms with Crippen LogP contribution in [0, 0.1) is 12.7 Å². The Bertz CT molecular complexity index is 1310. The van der Waals surface area contributed by atoms with Gasteiger partial charge in [0.05, 0.1) is 6.20 Å². The number of nitrogens with zero attached hydrogens (tertiary/aromatic N) is 4. The minimum atomic E-state index is -0.307. The Kier molecular flexibility index (Phi) is 6.20. The smallest absolute Gasteiger partial charge is 0.224 e. The van der Waals surface area contributed by atoms with E-state index < -0.39 is 0 Å². The van der Waals surface area contributed by atoms with E-state index in [0.717, 1.165) is 59.8 Å². The lowest BCUT2D eigenvalue weighted by molar-refractivity contribution is -0.116. The van der Waals surface area contributed by atoms with Crippen LogP contribution >= 0.6 is 0 Å². The Morgan fingerprint density at radius 1 is 1.09 bits per heavy atom. The van der Waals surface area contributed by atoms with E-state index in [0.29, 0.717) is 18.1 Å². The van der Waals surface area contributed by atoms with Gasteiger partial charge in [0.25, 0.3) is 0 Å². The third-order valence-corrected chi connectivity index (χ3v) is 6.13. The molecule has 5 rings (SSSR count). The van der Waals surface area contributed by atoms with Crippen LogP contribution in [0.2, 0.25) is 0 Å². The lowest BCUT2D eigenvalue weighted by atomic mass is 10.1. The first-order valence-corrected chi connectivity index (χ1v) is 11.6. The summed E-state index contributed by atoms with van der Waals surface area (Å²) in [4.78, 5) is 16.9. The summed E-state index contributed by atoms with van der Waals surface area (Å²) in [5.74, 6) is 2.46. The molecular formula is C26H26FN5O2. The van der Waals surface area contributed by atoms with Gasteiger partial charge in [-0.3, -0.25) is 4.79 Å². The van der Waals surface area contributed by atoms with Gasteiger partial charge < -0.3 is 14.3 Å². The second-order valence-electron chi connectivity index (χ2n) is 8.61. The first-order valence-electron chi connectivity index (χ1n) is 11.6. The molecule has 1 aliphatic heterocycles. The molecule has 1 N–H and O–H groups in total. The normalized spacial score (nSPS) is 13.4. The third-order valence-electron chi connectivity index (χ3n) is 6.13. The fourth-order valence-corrected chi connectivity index (χ4v) is 4.20. The number of benzene rings is 2. The highest BCUT2D eigenvalue weighted by molar-refractivity contribution is 5.92. The number of rotatable bonds is 6. The van der Waals surface area contributed by atoms with Crippen LogP contribution in [0.1, 0.15) is 43.0 Å². The minimum Gasteiger partial charge on any atom is -0.441 e. The molecule has 174 valence electrons. The molecule has 3 heterocycles. The quantitative estimate of drug-likeness (QED) is 0.420. The van der Waals surface area contributed by atoms with Crippen LogP contribution < -0.4 is 5.32 Å². The van der Waals surface area contributed by atoms with Gasteiger partial charge in [-0.2, -0.15) is 0 Å². The molecule has 2 aromatic carbocycles. The number of hydrogen-bond donors (Lipinski definition) is 1. The van der Waals surface area contributed by atoms with E-state index in [1.54, 1.807) is 18.3 Å². The van der Waals surface area contributed by atoms with E-state index in [1.807, 2.05) is 25.1 Å². The molecule has 0 spiro atoms. The van der Waals surface area contributed by atoms with Gasteiger partial charge >= 0.3 is 0 Å². The largest absolute Gasteiger partial charge is 0.441 e. The molecule has 0 fully saturated rings. The number of halogens is 1. The number of hydrogen-bond acceptors (Lipinski definition) is 5. The average molecular weight is 460 g/mol. The van der Waals surface area contributed by atoms with Crippen molar-refractivity contribution in [1.82, 2.24) is 19.7 Å². The van der Waals surface area contributed by atoms with Gasteiger partial charge in [-0.15, -0.1) is 10.2 Å². The molecule has 4 aromatic rings. The minimum absolute atomic E-state index is 0.123. The van der Waals surface area contributed by atoms with Gasteiger partial charge in [0.15, 0.2) is 17.5 Å². The highest BCUT2D eigenvalue weighted by Crippen LogP contribution is 2.27. The molecule has 0 radical (unpaired) electrons. The molecule has 8 heteroatoms. The maximum absolute atomic E-state index is 13.1. The molecule has 1 amide bonds. The molecule has 2 aromatic heterocycles. The van der Waals surface area contributed by atoms with Crippen molar-refractivity contribution in [3.63, 3.8) is 0 Å². The molecule has 1 aliphatic rings. The molecule has 0 aliphatic carbocycles. The third kappa shape index (κ3) is 4.76. The summed E-state index contributed by atoms with van der Waals surface area (Å²) in [5.41, 5.74) is 3.41. The van der Waals surface area contributed by atoms with Crippen molar-refractivity contribution in [2.24, 2.45) is 0 Å². The van der Waals surface area contributed by atoms with E-state index in [2.05, 4.69) is 25.1 Å². The number of anilines is 1. The Morgan fingerprint density at radius 2 is 1.91 bits per heavy atom. The van der Waals surface area contributed by atoms with Gasteiger partial charge in [-0.25, -0.2) is 9.37 Å². The van der Waals surface area contributed by atoms with Gasteiger partial charge in [0.1, 0.15) is 11.6 Å². The van der Waals surface area contributed by atoms with E-state index in [-0.39, 0.29) is 18.1 Å². The fourth-order valence-electron chi connectivity index (χ4n) is 4.20. The standard InChI is InChI=1S/C26H26FN5O2/c1-17-6-7-19(26-31-30-23-5-3-2-4-14-32(23)26)15-21(17)29-24(33)12-13-25-28-16-22(34-25)18-8-10-20(27)11-9-18/h6-11,15-16H,2-5,12-14H2,1H3,(H,29,33). The second kappa shape index (κ2) is 9.59. The second-order valence-corrected chi connectivity index (χ2v) is 8.61. The van der Waals surface area contributed by atoms with Gasteiger partial charge in [0.2, 0.25) is 5.91 Å². The molecule has 34 heavy (non-hydrogen) atoms. The molecule has 7 nitrogen and oxygen atoms in total. The molecular weight excluding hydrogens is 433 g/mol. The van der Waals surface area contributed by atoms with Crippen LogP contribution in [0.5, 0.6) is 0 Å². The topological polar surface area (TPSA) is 85.8 Å². The van der Waals surface area contributed by atoms with Crippen LogP contribution in [0.3, 0.4) is 0 Å². The summed E-state index contributed by atoms with van der Waals surface area (Å²) in [7, 11) is 0. The predicted octanol–water partition coefficient (Wildman–Crippen LogP) is 5.35. The number of aromatic nitrogens is 4. The fraction of sp³-hybridized carbons (Fsp3) is 0.308. The van der Waals surface area contributed by atoms with Crippen LogP contribution in [0.25, 0.3) is 22.7 Å². The van der Waals surface area contributed by atoms with Crippen molar-refractivity contribution < 1.29 is 13.6 Å². The van der Waals surface area contributed by atoms with Gasteiger partial charge in [-0.05, 0) is 55.7 Å². The molecule has 0 saturated carbocycles. The lowest BCUT2D eigenvalue weighted by Gasteiger charge is -2.12. The van der Waals surface area contributed by atoms with Crippen molar-refractivity contribution in [2.75, 3.05) is 5.32 Å². The molecule has 0 atom stereocenters. The zero-order valence-corrected chi connectivity index (χ0v) is 19.1. The van der Waals surface area contributed by atoms with Crippen molar-refractivity contribution in [3.8, 4) is 22.7 Å². The summed E-state index contributed by atoms with van der Waals surface area (Å²) in [6.07, 6.45) is 6.60. The number of oxazole rings is 1. The summed E-state index contributed by atoms with van der Waals surface area (Å²) < 4.78 is 21.1. The summed E-state index contributed by atoms with van der Waals surface area (Å²) in [6, 6.07) is 12.0. The number of carbonyl (C=O) groups is 1. The SMILES string of the molecule is Cc1ccc(-c2nnc3n2CCCCC3)cc1NC(=O)CCc1ncc(-c2ccc(F)cc2)o1. The average Bonchev–Trinajstić information content (AvgIpc) is 3.41. The number of carbonyl (C=O) groups excluding carboxylic acids is 1. The zero-order chi connectivity index (χ0) is 23.5. The van der Waals surface area contributed by atoms with Crippen LogP contribution in [-0.2, 0) is 24.2 Å². The maximum atomic E-state index is 13.1. The molecule has 0 bridgehead atoms. The summed E-state index contributed by atoms with van der Waals surface area (Å²) in [5, 5.41) is 11.8. The maximum Gasteiger partial charge on any atom is 0.224 e. The number of nitrogens with one attached hydrogen (secondary N) is 1. The van der Waals surface area contributed by atoms with Crippen molar-refractivity contribution in [2.45, 2.75) is 52.0 Å². The highest BCUT2D eigenvalue weighted by Gasteiger charge is 2.17. The monoisotopic (exact) mass is 459 g/mol. The first-order chi connectivity index (χ1) is 16.6. The van der Waals surface area contributed by atoms with Crippen molar-refractivity contribution in [1.29, 1.82) is 0 Å². The van der Waals surface area contributed by atoms with Crippen molar-refractivity contribution in [3.05, 3.63) is 71.8 Å². The lowest BCUT2D eigenvalue weighted by Crippen LogP contribution is -2.13.